The largest absolute Gasteiger partial charge is 0.379 e. The number of hydrogen-bond donors (Lipinski definition) is 1. The molecule has 1 fully saturated rings. The lowest BCUT2D eigenvalue weighted by Gasteiger charge is -2.28. The van der Waals surface area contributed by atoms with Crippen molar-refractivity contribution in [3.05, 3.63) is 47.7 Å². The SMILES string of the molecule is CC(C)(C)c1ccc(C(=O)N(CCCN2CCOCC2)CC(=O)Nc2ccon2)cc1. The number of ether oxygens (including phenoxy) is 1. The van der Waals surface area contributed by atoms with Gasteiger partial charge in [-0.2, -0.15) is 0 Å². The van der Waals surface area contributed by atoms with Gasteiger partial charge >= 0.3 is 0 Å². The standard InChI is InChI=1S/C23H32N4O4/c1-23(2,3)19-7-5-18(6-8-19)22(29)27(11-4-10-26-12-15-30-16-13-26)17-21(28)24-20-9-14-31-25-20/h5-9,14H,4,10-13,15-17H2,1-3H3,(H,24,25,28). The van der Waals surface area contributed by atoms with E-state index in [0.717, 1.165) is 44.8 Å². The van der Waals surface area contributed by atoms with Gasteiger partial charge in [0.15, 0.2) is 5.82 Å². The van der Waals surface area contributed by atoms with Gasteiger partial charge in [0.05, 0.1) is 13.2 Å². The number of morpholine rings is 1. The van der Waals surface area contributed by atoms with Crippen molar-refractivity contribution < 1.29 is 18.8 Å². The minimum Gasteiger partial charge on any atom is -0.379 e. The van der Waals surface area contributed by atoms with Crippen molar-refractivity contribution in [2.45, 2.75) is 32.6 Å². The van der Waals surface area contributed by atoms with Gasteiger partial charge in [0.1, 0.15) is 12.8 Å². The second-order valence-electron chi connectivity index (χ2n) is 8.79. The van der Waals surface area contributed by atoms with E-state index in [9.17, 15) is 9.59 Å². The van der Waals surface area contributed by atoms with Gasteiger partial charge in [-0.1, -0.05) is 38.1 Å². The highest BCUT2D eigenvalue weighted by atomic mass is 16.5. The van der Waals surface area contributed by atoms with E-state index in [1.807, 2.05) is 24.3 Å². The maximum Gasteiger partial charge on any atom is 0.254 e. The fourth-order valence-corrected chi connectivity index (χ4v) is 3.49. The summed E-state index contributed by atoms with van der Waals surface area (Å²) >= 11 is 0. The number of nitrogens with one attached hydrogen (secondary N) is 1. The fourth-order valence-electron chi connectivity index (χ4n) is 3.49. The topological polar surface area (TPSA) is 87.9 Å². The quantitative estimate of drug-likeness (QED) is 0.696. The Morgan fingerprint density at radius 3 is 2.45 bits per heavy atom. The summed E-state index contributed by atoms with van der Waals surface area (Å²) in [7, 11) is 0. The zero-order valence-corrected chi connectivity index (χ0v) is 18.6. The number of hydrogen-bond acceptors (Lipinski definition) is 6. The highest BCUT2D eigenvalue weighted by Crippen LogP contribution is 2.22. The number of anilines is 1. The van der Waals surface area contributed by atoms with Crippen molar-refractivity contribution in [2.24, 2.45) is 0 Å². The van der Waals surface area contributed by atoms with Crippen LogP contribution in [0.15, 0.2) is 41.1 Å². The highest BCUT2D eigenvalue weighted by Gasteiger charge is 2.21. The average Bonchev–Trinajstić information content (AvgIpc) is 3.25. The van der Waals surface area contributed by atoms with Crippen molar-refractivity contribution in [2.75, 3.05) is 51.3 Å². The number of rotatable bonds is 8. The van der Waals surface area contributed by atoms with Crippen LogP contribution < -0.4 is 5.32 Å². The van der Waals surface area contributed by atoms with Gasteiger partial charge in [0.25, 0.3) is 5.91 Å². The summed E-state index contributed by atoms with van der Waals surface area (Å²) < 4.78 is 10.1. The lowest BCUT2D eigenvalue weighted by molar-refractivity contribution is -0.117. The van der Waals surface area contributed by atoms with Gasteiger partial charge in [-0.3, -0.25) is 14.5 Å². The molecule has 31 heavy (non-hydrogen) atoms. The predicted molar refractivity (Wildman–Crippen MR) is 118 cm³/mol. The first-order chi connectivity index (χ1) is 14.8. The number of carbonyl (C=O) groups is 2. The van der Waals surface area contributed by atoms with E-state index in [4.69, 9.17) is 9.26 Å². The number of nitrogens with zero attached hydrogens (tertiary/aromatic N) is 3. The minimum atomic E-state index is -0.306. The fraction of sp³-hybridized carbons (Fsp3) is 0.522. The molecule has 0 atom stereocenters. The van der Waals surface area contributed by atoms with Gasteiger partial charge in [-0.05, 0) is 29.5 Å². The maximum absolute atomic E-state index is 13.2. The zero-order chi connectivity index (χ0) is 22.3. The van der Waals surface area contributed by atoms with E-state index in [1.54, 1.807) is 11.0 Å². The summed E-state index contributed by atoms with van der Waals surface area (Å²) in [6, 6.07) is 9.21. The van der Waals surface area contributed by atoms with E-state index >= 15 is 0 Å². The summed E-state index contributed by atoms with van der Waals surface area (Å²) in [5, 5.41) is 6.36. The van der Waals surface area contributed by atoms with Crippen LogP contribution in [0.2, 0.25) is 0 Å². The third-order valence-corrected chi connectivity index (χ3v) is 5.33. The Hall–Kier alpha value is -2.71. The molecule has 0 spiro atoms. The molecule has 1 saturated heterocycles. The van der Waals surface area contributed by atoms with Crippen molar-refractivity contribution in [1.29, 1.82) is 0 Å². The molecule has 1 aliphatic heterocycles. The third kappa shape index (κ3) is 6.90. The Morgan fingerprint density at radius 2 is 1.84 bits per heavy atom. The Morgan fingerprint density at radius 1 is 1.13 bits per heavy atom. The van der Waals surface area contributed by atoms with Crippen molar-refractivity contribution in [3.63, 3.8) is 0 Å². The van der Waals surface area contributed by atoms with E-state index in [-0.39, 0.29) is 23.8 Å². The predicted octanol–water partition coefficient (Wildman–Crippen LogP) is 2.78. The van der Waals surface area contributed by atoms with Gasteiger partial charge in [-0.15, -0.1) is 0 Å². The molecule has 0 radical (unpaired) electrons. The first-order valence-corrected chi connectivity index (χ1v) is 10.7. The molecular weight excluding hydrogens is 396 g/mol. The number of benzene rings is 1. The summed E-state index contributed by atoms with van der Waals surface area (Å²) in [6.07, 6.45) is 2.17. The van der Waals surface area contributed by atoms with Crippen LogP contribution in [0.25, 0.3) is 0 Å². The second kappa shape index (κ2) is 10.5. The monoisotopic (exact) mass is 428 g/mol. The van der Waals surface area contributed by atoms with Gasteiger partial charge in [0.2, 0.25) is 5.91 Å². The molecule has 1 aliphatic rings. The molecule has 8 heteroatoms. The van der Waals surface area contributed by atoms with Gasteiger partial charge < -0.3 is 19.5 Å². The summed E-state index contributed by atoms with van der Waals surface area (Å²) in [5.74, 6) is -0.127. The maximum atomic E-state index is 13.2. The van der Waals surface area contributed by atoms with Crippen LogP contribution in [0.5, 0.6) is 0 Å². The van der Waals surface area contributed by atoms with Crippen LogP contribution in [0.3, 0.4) is 0 Å². The Bertz CT molecular complexity index is 837. The Balaban J connectivity index is 1.65. The van der Waals surface area contributed by atoms with E-state index < -0.39 is 0 Å². The Labute approximate surface area is 183 Å². The molecule has 2 aromatic rings. The number of amides is 2. The van der Waals surface area contributed by atoms with Crippen molar-refractivity contribution in [3.8, 4) is 0 Å². The molecule has 0 aliphatic carbocycles. The van der Waals surface area contributed by atoms with Crippen LogP contribution in [0.4, 0.5) is 5.82 Å². The van der Waals surface area contributed by atoms with Gasteiger partial charge in [-0.25, -0.2) is 0 Å². The molecular formula is C23H32N4O4. The highest BCUT2D eigenvalue weighted by molar-refractivity contribution is 5.99. The van der Waals surface area contributed by atoms with Crippen LogP contribution in [0.1, 0.15) is 43.1 Å². The summed E-state index contributed by atoms with van der Waals surface area (Å²) in [5.41, 5.74) is 1.75. The molecule has 3 rings (SSSR count). The normalized spacial score (nSPS) is 14.9. The lowest BCUT2D eigenvalue weighted by atomic mass is 9.86. The van der Waals surface area contributed by atoms with E-state index in [1.165, 1.54) is 6.26 Å². The third-order valence-electron chi connectivity index (χ3n) is 5.33. The molecule has 2 amide bonds. The molecule has 1 aromatic carbocycles. The molecule has 168 valence electrons. The molecule has 2 heterocycles. The van der Waals surface area contributed by atoms with Crippen LogP contribution in [0, 0.1) is 0 Å². The smallest absolute Gasteiger partial charge is 0.254 e. The Kier molecular flexibility index (Phi) is 7.81. The molecule has 1 aromatic heterocycles. The average molecular weight is 429 g/mol. The van der Waals surface area contributed by atoms with Crippen LogP contribution in [-0.2, 0) is 14.9 Å². The molecule has 0 saturated carbocycles. The van der Waals surface area contributed by atoms with Crippen molar-refractivity contribution in [1.82, 2.24) is 15.0 Å². The molecule has 8 nitrogen and oxygen atoms in total. The van der Waals surface area contributed by atoms with Gasteiger partial charge in [0, 0.05) is 37.8 Å². The first-order valence-electron chi connectivity index (χ1n) is 10.7. The molecule has 0 bridgehead atoms. The second-order valence-corrected chi connectivity index (χ2v) is 8.79. The molecule has 0 unspecified atom stereocenters. The zero-order valence-electron chi connectivity index (χ0n) is 18.6. The minimum absolute atomic E-state index is 0.0108. The van der Waals surface area contributed by atoms with E-state index in [2.05, 4.69) is 36.1 Å². The van der Waals surface area contributed by atoms with Crippen molar-refractivity contribution >= 4 is 17.6 Å². The lowest BCUT2D eigenvalue weighted by Crippen LogP contribution is -2.41. The summed E-state index contributed by atoms with van der Waals surface area (Å²) in [4.78, 5) is 29.6. The summed E-state index contributed by atoms with van der Waals surface area (Å²) in [6.45, 7) is 11.0. The molecule has 1 N–H and O–H groups in total. The van der Waals surface area contributed by atoms with E-state index in [0.29, 0.717) is 17.9 Å². The van der Waals surface area contributed by atoms with Crippen LogP contribution in [-0.4, -0.2) is 72.7 Å². The first kappa shape index (κ1) is 23.0. The number of carbonyl (C=O) groups excluding carboxylic acids is 2. The number of aromatic nitrogens is 1. The van der Waals surface area contributed by atoms with Crippen LogP contribution >= 0.6 is 0 Å².